The van der Waals surface area contributed by atoms with E-state index in [0.717, 1.165) is 5.56 Å². The van der Waals surface area contributed by atoms with Crippen molar-refractivity contribution < 1.29 is 23.0 Å². The number of piperazine rings is 1. The van der Waals surface area contributed by atoms with Gasteiger partial charge in [0, 0.05) is 26.2 Å². The van der Waals surface area contributed by atoms with Gasteiger partial charge in [-0.15, -0.1) is 0 Å². The Morgan fingerprint density at radius 1 is 1.03 bits per heavy atom. The van der Waals surface area contributed by atoms with Crippen LogP contribution < -0.4 is 4.90 Å². The minimum Gasteiger partial charge on any atom is -0.444 e. The summed E-state index contributed by atoms with van der Waals surface area (Å²) in [5.74, 6) is -1.26. The zero-order valence-electron chi connectivity index (χ0n) is 18.5. The van der Waals surface area contributed by atoms with Crippen LogP contribution in [0.15, 0.2) is 42.5 Å². The second-order valence-electron chi connectivity index (χ2n) is 8.73. The molecule has 1 aliphatic heterocycles. The molecule has 3 rings (SSSR count). The number of carbonyl (C=O) groups excluding carboxylic acids is 1. The standard InChI is InChI=1S/C24H30F2N2O3/c1-17(30-16-18-8-6-5-7-9-18)19-14-20(25)22(21(26)15-19)27-10-12-28(13-11-27)23(29)31-24(2,3)4/h5-9,14-15,17H,10-13,16H2,1-4H3. The molecular formula is C24H30F2N2O3. The number of nitrogens with zero attached hydrogens (tertiary/aromatic N) is 2. The van der Waals surface area contributed by atoms with Gasteiger partial charge in [-0.25, -0.2) is 13.6 Å². The van der Waals surface area contributed by atoms with Crippen molar-refractivity contribution >= 4 is 11.8 Å². The Morgan fingerprint density at radius 2 is 1.61 bits per heavy atom. The van der Waals surface area contributed by atoms with E-state index in [1.54, 1.807) is 37.5 Å². The van der Waals surface area contributed by atoms with Gasteiger partial charge in [-0.1, -0.05) is 30.3 Å². The monoisotopic (exact) mass is 432 g/mol. The van der Waals surface area contributed by atoms with Crippen LogP contribution in [0.4, 0.5) is 19.3 Å². The molecule has 0 radical (unpaired) electrons. The van der Waals surface area contributed by atoms with Gasteiger partial charge in [-0.2, -0.15) is 0 Å². The molecule has 2 aromatic rings. The van der Waals surface area contributed by atoms with Crippen molar-refractivity contribution in [3.63, 3.8) is 0 Å². The van der Waals surface area contributed by atoms with E-state index >= 15 is 0 Å². The van der Waals surface area contributed by atoms with Crippen LogP contribution in [0.1, 0.15) is 44.9 Å². The van der Waals surface area contributed by atoms with Gasteiger partial charge in [0.25, 0.3) is 0 Å². The largest absolute Gasteiger partial charge is 0.444 e. The Balaban J connectivity index is 1.62. The van der Waals surface area contributed by atoms with Gasteiger partial charge in [-0.3, -0.25) is 0 Å². The minimum atomic E-state index is -0.629. The number of anilines is 1. The lowest BCUT2D eigenvalue weighted by Gasteiger charge is -2.37. The fourth-order valence-corrected chi connectivity index (χ4v) is 3.45. The Morgan fingerprint density at radius 3 is 2.16 bits per heavy atom. The average Bonchev–Trinajstić information content (AvgIpc) is 2.71. The second kappa shape index (κ2) is 9.64. The summed E-state index contributed by atoms with van der Waals surface area (Å²) in [6.45, 7) is 8.88. The molecule has 2 aromatic carbocycles. The van der Waals surface area contributed by atoms with Crippen molar-refractivity contribution in [1.82, 2.24) is 4.90 Å². The maximum absolute atomic E-state index is 14.9. The molecular weight excluding hydrogens is 402 g/mol. The van der Waals surface area contributed by atoms with Crippen molar-refractivity contribution in [2.45, 2.75) is 46.0 Å². The number of carbonyl (C=O) groups is 1. The highest BCUT2D eigenvalue weighted by molar-refractivity contribution is 5.68. The fraction of sp³-hybridized carbons (Fsp3) is 0.458. The third kappa shape index (κ3) is 6.17. The zero-order chi connectivity index (χ0) is 22.6. The molecule has 1 fully saturated rings. The van der Waals surface area contributed by atoms with E-state index in [9.17, 15) is 13.6 Å². The second-order valence-corrected chi connectivity index (χ2v) is 8.73. The smallest absolute Gasteiger partial charge is 0.410 e. The van der Waals surface area contributed by atoms with Crippen molar-refractivity contribution in [2.75, 3.05) is 31.1 Å². The van der Waals surface area contributed by atoms with Crippen LogP contribution in [0, 0.1) is 11.6 Å². The zero-order valence-corrected chi connectivity index (χ0v) is 18.5. The van der Waals surface area contributed by atoms with Crippen LogP contribution in [0.3, 0.4) is 0 Å². The molecule has 168 valence electrons. The minimum absolute atomic E-state index is 0.0668. The molecule has 1 saturated heterocycles. The summed E-state index contributed by atoms with van der Waals surface area (Å²) in [6, 6.07) is 12.3. The van der Waals surface area contributed by atoms with Crippen LogP contribution >= 0.6 is 0 Å². The van der Waals surface area contributed by atoms with Crippen LogP contribution in [-0.4, -0.2) is 42.8 Å². The highest BCUT2D eigenvalue weighted by Crippen LogP contribution is 2.30. The topological polar surface area (TPSA) is 42.0 Å². The molecule has 31 heavy (non-hydrogen) atoms. The van der Waals surface area contributed by atoms with Gasteiger partial charge in [-0.05, 0) is 51.0 Å². The molecule has 5 nitrogen and oxygen atoms in total. The van der Waals surface area contributed by atoms with Gasteiger partial charge in [0.05, 0.1) is 12.7 Å². The van der Waals surface area contributed by atoms with Gasteiger partial charge in [0.1, 0.15) is 22.9 Å². The van der Waals surface area contributed by atoms with Crippen LogP contribution in [-0.2, 0) is 16.1 Å². The molecule has 0 aliphatic carbocycles. The van der Waals surface area contributed by atoms with Gasteiger partial charge in [0.2, 0.25) is 0 Å². The predicted octanol–water partition coefficient (Wildman–Crippen LogP) is 5.30. The van der Waals surface area contributed by atoms with E-state index in [2.05, 4.69) is 0 Å². The summed E-state index contributed by atoms with van der Waals surface area (Å²) < 4.78 is 40.9. The third-order valence-corrected chi connectivity index (χ3v) is 5.10. The summed E-state index contributed by atoms with van der Waals surface area (Å²) in [5.41, 5.74) is 0.793. The predicted molar refractivity (Wildman–Crippen MR) is 116 cm³/mol. The van der Waals surface area contributed by atoms with Crippen molar-refractivity contribution in [1.29, 1.82) is 0 Å². The average molecular weight is 433 g/mol. The van der Waals surface area contributed by atoms with E-state index in [1.807, 2.05) is 30.3 Å². The van der Waals surface area contributed by atoms with E-state index in [0.29, 0.717) is 38.3 Å². The number of ether oxygens (including phenoxy) is 2. The number of hydrogen-bond donors (Lipinski definition) is 0. The molecule has 7 heteroatoms. The van der Waals surface area contributed by atoms with E-state index in [1.165, 1.54) is 12.1 Å². The molecule has 0 bridgehead atoms. The lowest BCUT2D eigenvalue weighted by atomic mass is 10.1. The Kier molecular flexibility index (Phi) is 7.15. The Hall–Kier alpha value is -2.67. The van der Waals surface area contributed by atoms with Crippen LogP contribution in [0.2, 0.25) is 0 Å². The lowest BCUT2D eigenvalue weighted by Crippen LogP contribution is -2.50. The maximum atomic E-state index is 14.9. The normalized spacial score (nSPS) is 15.7. The van der Waals surface area contributed by atoms with Gasteiger partial charge < -0.3 is 19.3 Å². The first-order chi connectivity index (χ1) is 14.6. The number of hydrogen-bond acceptors (Lipinski definition) is 4. The fourth-order valence-electron chi connectivity index (χ4n) is 3.45. The molecule has 1 amide bonds. The summed E-state index contributed by atoms with van der Waals surface area (Å²) in [7, 11) is 0. The summed E-state index contributed by atoms with van der Waals surface area (Å²) in [6.07, 6.45) is -0.866. The van der Waals surface area contributed by atoms with Crippen molar-refractivity contribution in [3.05, 3.63) is 65.2 Å². The molecule has 0 aromatic heterocycles. The highest BCUT2D eigenvalue weighted by atomic mass is 19.1. The first-order valence-electron chi connectivity index (χ1n) is 10.5. The Bertz CT molecular complexity index is 868. The number of rotatable bonds is 5. The van der Waals surface area contributed by atoms with Crippen LogP contribution in [0.5, 0.6) is 0 Å². The molecule has 0 N–H and O–H groups in total. The molecule has 1 aliphatic rings. The summed E-state index contributed by atoms with van der Waals surface area (Å²) in [5, 5.41) is 0. The van der Waals surface area contributed by atoms with Gasteiger partial charge in [0.15, 0.2) is 0 Å². The van der Waals surface area contributed by atoms with E-state index in [4.69, 9.17) is 9.47 Å². The number of benzene rings is 2. The summed E-state index contributed by atoms with van der Waals surface area (Å²) in [4.78, 5) is 15.4. The van der Waals surface area contributed by atoms with E-state index in [-0.39, 0.29) is 5.69 Å². The van der Waals surface area contributed by atoms with Crippen molar-refractivity contribution in [2.24, 2.45) is 0 Å². The SMILES string of the molecule is CC(OCc1ccccc1)c1cc(F)c(N2CCN(C(=O)OC(C)(C)C)CC2)c(F)c1. The molecule has 0 spiro atoms. The van der Waals surface area contributed by atoms with Crippen molar-refractivity contribution in [3.8, 4) is 0 Å². The highest BCUT2D eigenvalue weighted by Gasteiger charge is 2.28. The van der Waals surface area contributed by atoms with Crippen LogP contribution in [0.25, 0.3) is 0 Å². The maximum Gasteiger partial charge on any atom is 0.410 e. The van der Waals surface area contributed by atoms with E-state index < -0.39 is 29.4 Å². The summed E-state index contributed by atoms with van der Waals surface area (Å²) >= 11 is 0. The molecule has 0 saturated carbocycles. The molecule has 1 atom stereocenters. The third-order valence-electron chi connectivity index (χ3n) is 5.10. The van der Waals surface area contributed by atoms with Gasteiger partial charge >= 0.3 is 6.09 Å². The quantitative estimate of drug-likeness (QED) is 0.643. The first-order valence-corrected chi connectivity index (χ1v) is 10.5. The number of amides is 1. The number of halogens is 2. The molecule has 1 unspecified atom stereocenters. The Labute approximate surface area is 182 Å². The molecule has 1 heterocycles. The lowest BCUT2D eigenvalue weighted by molar-refractivity contribution is 0.0240. The first kappa shape index (κ1) is 23.0.